The van der Waals surface area contributed by atoms with Gasteiger partial charge in [-0.15, -0.1) is 0 Å². The van der Waals surface area contributed by atoms with Crippen molar-refractivity contribution < 1.29 is 22.8 Å². The summed E-state index contributed by atoms with van der Waals surface area (Å²) in [5, 5.41) is 5.11. The normalized spacial score (nSPS) is 17.2. The SMILES string of the molecule is CN(C)c1ncc(-c2cc(CNCC3CCN(c4nccc(C=C5SC(=O)NC5=O)n4)CC3)cc(C(F)(F)F)n2)cn1. The number of hydrogen-bond acceptors (Lipinski definition) is 11. The molecule has 0 radical (unpaired) electrons. The minimum absolute atomic E-state index is 0.164. The van der Waals surface area contributed by atoms with E-state index in [9.17, 15) is 22.8 Å². The first-order valence-corrected chi connectivity index (χ1v) is 14.0. The van der Waals surface area contributed by atoms with Gasteiger partial charge >= 0.3 is 6.18 Å². The van der Waals surface area contributed by atoms with Crippen LogP contribution in [0.3, 0.4) is 0 Å². The molecule has 2 fully saturated rings. The Kier molecular flexibility index (Phi) is 8.68. The first-order chi connectivity index (χ1) is 20.0. The van der Waals surface area contributed by atoms with Crippen molar-refractivity contribution in [3.05, 3.63) is 58.6 Å². The number of aromatic nitrogens is 5. The average Bonchev–Trinajstić information content (AvgIpc) is 3.28. The van der Waals surface area contributed by atoms with Gasteiger partial charge in [-0.05, 0) is 66.9 Å². The first-order valence-electron chi connectivity index (χ1n) is 13.2. The summed E-state index contributed by atoms with van der Waals surface area (Å²) in [6, 6.07) is 4.36. The Hall–Kier alpha value is -4.11. The minimum atomic E-state index is -4.59. The van der Waals surface area contributed by atoms with E-state index < -0.39 is 23.0 Å². The molecule has 5 rings (SSSR count). The lowest BCUT2D eigenvalue weighted by molar-refractivity contribution is -0.141. The van der Waals surface area contributed by atoms with Crippen molar-refractivity contribution in [1.29, 1.82) is 0 Å². The van der Waals surface area contributed by atoms with E-state index in [0.29, 0.717) is 54.3 Å². The maximum absolute atomic E-state index is 13.6. The molecule has 0 aromatic carbocycles. The van der Waals surface area contributed by atoms with Crippen LogP contribution in [0.4, 0.5) is 29.9 Å². The number of hydrogen-bond donors (Lipinski definition) is 2. The van der Waals surface area contributed by atoms with Gasteiger partial charge < -0.3 is 15.1 Å². The predicted octanol–water partition coefficient (Wildman–Crippen LogP) is 3.74. The van der Waals surface area contributed by atoms with Crippen LogP contribution >= 0.6 is 11.8 Å². The Bertz CT molecular complexity index is 1490. The molecular weight excluding hydrogens is 571 g/mol. The second kappa shape index (κ2) is 12.4. The Balaban J connectivity index is 1.18. The molecule has 220 valence electrons. The van der Waals surface area contributed by atoms with Crippen molar-refractivity contribution in [2.24, 2.45) is 5.92 Å². The summed E-state index contributed by atoms with van der Waals surface area (Å²) in [6.45, 7) is 2.31. The topological polar surface area (TPSA) is 129 Å². The number of nitrogens with zero attached hydrogens (tertiary/aromatic N) is 7. The third kappa shape index (κ3) is 7.20. The number of rotatable bonds is 8. The predicted molar refractivity (Wildman–Crippen MR) is 152 cm³/mol. The molecule has 2 saturated heterocycles. The number of alkyl halides is 3. The highest BCUT2D eigenvalue weighted by Gasteiger charge is 2.33. The lowest BCUT2D eigenvalue weighted by Gasteiger charge is -2.32. The number of amides is 2. The molecule has 3 aromatic rings. The number of thioether (sulfide) groups is 1. The number of carbonyl (C=O) groups excluding carboxylic acids is 2. The molecule has 2 amide bonds. The van der Waals surface area contributed by atoms with Crippen LogP contribution in [0.25, 0.3) is 17.3 Å². The van der Waals surface area contributed by atoms with Gasteiger partial charge in [0.15, 0.2) is 0 Å². The van der Waals surface area contributed by atoms with Crippen molar-refractivity contribution >= 4 is 40.9 Å². The standard InChI is InChI=1S/C27H28F3N9O2S/c1-38(2)24-33-14-18(15-34-24)20-9-17(10-22(36-20)27(28,29)30)13-31-12-16-4-7-39(8-5-16)25-32-6-3-19(35-25)11-21-23(40)37-26(41)42-21/h3,6,9-11,14-16,31H,4-5,7-8,12-13H2,1-2H3,(H,37,40,41). The molecule has 15 heteroatoms. The smallest absolute Gasteiger partial charge is 0.347 e. The van der Waals surface area contributed by atoms with Gasteiger partial charge in [0.1, 0.15) is 5.69 Å². The molecule has 5 heterocycles. The van der Waals surface area contributed by atoms with Crippen LogP contribution in [0, 0.1) is 5.92 Å². The molecule has 0 saturated carbocycles. The van der Waals surface area contributed by atoms with Crippen LogP contribution in [0.1, 0.15) is 29.8 Å². The van der Waals surface area contributed by atoms with Crippen molar-refractivity contribution in [2.75, 3.05) is 43.5 Å². The molecule has 2 N–H and O–H groups in total. The minimum Gasteiger partial charge on any atom is -0.347 e. The largest absolute Gasteiger partial charge is 0.433 e. The molecule has 0 aliphatic carbocycles. The molecule has 0 unspecified atom stereocenters. The van der Waals surface area contributed by atoms with Crippen molar-refractivity contribution in [1.82, 2.24) is 35.6 Å². The van der Waals surface area contributed by atoms with E-state index >= 15 is 0 Å². The van der Waals surface area contributed by atoms with Crippen molar-refractivity contribution in [2.45, 2.75) is 25.6 Å². The van der Waals surface area contributed by atoms with Gasteiger partial charge in [0.25, 0.3) is 11.1 Å². The van der Waals surface area contributed by atoms with Gasteiger partial charge in [0.2, 0.25) is 11.9 Å². The van der Waals surface area contributed by atoms with Crippen molar-refractivity contribution in [3.8, 4) is 11.3 Å². The van der Waals surface area contributed by atoms with Crippen LogP contribution in [0.5, 0.6) is 0 Å². The maximum Gasteiger partial charge on any atom is 0.433 e. The number of piperidine rings is 1. The molecule has 11 nitrogen and oxygen atoms in total. The van der Waals surface area contributed by atoms with Crippen LogP contribution < -0.4 is 20.4 Å². The molecular formula is C27H28F3N9O2S. The molecule has 0 spiro atoms. The molecule has 2 aliphatic heterocycles. The fourth-order valence-electron chi connectivity index (χ4n) is 4.57. The van der Waals surface area contributed by atoms with Gasteiger partial charge in [-0.25, -0.2) is 24.9 Å². The highest BCUT2D eigenvalue weighted by molar-refractivity contribution is 8.18. The fourth-order valence-corrected chi connectivity index (χ4v) is 5.24. The number of anilines is 2. The zero-order chi connectivity index (χ0) is 29.9. The number of pyridine rings is 1. The van der Waals surface area contributed by atoms with Crippen LogP contribution in [0.15, 0.2) is 41.7 Å². The maximum atomic E-state index is 13.6. The number of nitrogens with one attached hydrogen (secondary N) is 2. The third-order valence-electron chi connectivity index (χ3n) is 6.75. The lowest BCUT2D eigenvalue weighted by atomic mass is 9.97. The zero-order valence-electron chi connectivity index (χ0n) is 22.9. The summed E-state index contributed by atoms with van der Waals surface area (Å²) >= 11 is 0.833. The summed E-state index contributed by atoms with van der Waals surface area (Å²) in [7, 11) is 3.55. The first kappa shape index (κ1) is 29.4. The Morgan fingerprint density at radius 3 is 2.50 bits per heavy atom. The Labute approximate surface area is 244 Å². The van der Waals surface area contributed by atoms with Crippen LogP contribution in [0.2, 0.25) is 0 Å². The Morgan fingerprint density at radius 1 is 1.12 bits per heavy atom. The number of imide groups is 1. The monoisotopic (exact) mass is 599 g/mol. The van der Waals surface area contributed by atoms with E-state index in [1.165, 1.54) is 12.4 Å². The zero-order valence-corrected chi connectivity index (χ0v) is 23.7. The summed E-state index contributed by atoms with van der Waals surface area (Å²) in [6.07, 6.45) is 3.22. The van der Waals surface area contributed by atoms with Crippen molar-refractivity contribution in [3.63, 3.8) is 0 Å². The average molecular weight is 600 g/mol. The molecule has 0 atom stereocenters. The summed E-state index contributed by atoms with van der Waals surface area (Å²) in [4.78, 5) is 48.4. The van der Waals surface area contributed by atoms with Gasteiger partial charge in [0, 0.05) is 57.9 Å². The summed E-state index contributed by atoms with van der Waals surface area (Å²) in [5.41, 5.74) is 0.611. The van der Waals surface area contributed by atoms with Gasteiger partial charge in [-0.1, -0.05) is 0 Å². The number of carbonyl (C=O) groups is 2. The summed E-state index contributed by atoms with van der Waals surface area (Å²) in [5.74, 6) is 0.873. The second-order valence-electron chi connectivity index (χ2n) is 10.1. The van der Waals surface area contributed by atoms with E-state index in [1.54, 1.807) is 43.4 Å². The third-order valence-corrected chi connectivity index (χ3v) is 7.57. The van der Waals surface area contributed by atoms with Gasteiger partial charge in [-0.2, -0.15) is 13.2 Å². The quantitative estimate of drug-likeness (QED) is 0.368. The summed E-state index contributed by atoms with van der Waals surface area (Å²) < 4.78 is 40.8. The van der Waals surface area contributed by atoms with E-state index in [0.717, 1.165) is 30.7 Å². The van der Waals surface area contributed by atoms with Crippen LogP contribution in [-0.2, 0) is 17.5 Å². The van der Waals surface area contributed by atoms with E-state index in [1.807, 2.05) is 0 Å². The highest BCUT2D eigenvalue weighted by atomic mass is 32.2. The number of halogens is 3. The molecule has 42 heavy (non-hydrogen) atoms. The fraction of sp³-hybridized carbons (Fsp3) is 0.370. The lowest BCUT2D eigenvalue weighted by Crippen LogP contribution is -2.38. The molecule has 3 aromatic heterocycles. The van der Waals surface area contributed by atoms with Gasteiger partial charge in [0.05, 0.1) is 16.3 Å². The van der Waals surface area contributed by atoms with E-state index in [-0.39, 0.29) is 17.1 Å². The van der Waals surface area contributed by atoms with E-state index in [4.69, 9.17) is 0 Å². The molecule has 2 aliphatic rings. The highest BCUT2D eigenvalue weighted by Crippen LogP contribution is 2.31. The Morgan fingerprint density at radius 2 is 1.86 bits per heavy atom. The second-order valence-corrected chi connectivity index (χ2v) is 11.1. The van der Waals surface area contributed by atoms with Crippen LogP contribution in [-0.4, -0.2) is 69.8 Å². The molecule has 0 bridgehead atoms. The van der Waals surface area contributed by atoms with E-state index in [2.05, 4.69) is 40.5 Å². The van der Waals surface area contributed by atoms with Gasteiger partial charge in [-0.3, -0.25) is 14.9 Å².